The number of rotatable bonds is 3. The van der Waals surface area contributed by atoms with Gasteiger partial charge in [0.1, 0.15) is 0 Å². The molecule has 0 aromatic heterocycles. The van der Waals surface area contributed by atoms with E-state index in [9.17, 15) is 4.79 Å². The number of carbonyl (C=O) groups is 1. The molecule has 0 saturated carbocycles. The molecule has 0 aliphatic heterocycles. The Hall–Kier alpha value is -2.24. The van der Waals surface area contributed by atoms with E-state index in [1.165, 1.54) is 0 Å². The summed E-state index contributed by atoms with van der Waals surface area (Å²) >= 11 is 5.92. The van der Waals surface area contributed by atoms with Crippen LogP contribution in [-0.4, -0.2) is 12.5 Å². The van der Waals surface area contributed by atoms with Crippen molar-refractivity contribution in [3.8, 4) is 11.8 Å². The van der Waals surface area contributed by atoms with Gasteiger partial charge in [-0.05, 0) is 61.2 Å². The molecule has 0 saturated heterocycles. The lowest BCUT2D eigenvalue weighted by Crippen LogP contribution is -2.23. The first-order valence-corrected chi connectivity index (χ1v) is 7.53. The smallest absolute Gasteiger partial charge is 0.296 e. The maximum Gasteiger partial charge on any atom is 0.296 e. The van der Waals surface area contributed by atoms with Gasteiger partial charge in [0.05, 0.1) is 0 Å². The van der Waals surface area contributed by atoms with Gasteiger partial charge in [-0.2, -0.15) is 0 Å². The first-order valence-electron chi connectivity index (χ1n) is 7.15. The molecule has 0 aliphatic carbocycles. The molecule has 0 bridgehead atoms. The van der Waals surface area contributed by atoms with Gasteiger partial charge in [0, 0.05) is 23.1 Å². The number of amides is 1. The molecule has 112 valence electrons. The highest BCUT2D eigenvalue weighted by Crippen LogP contribution is 2.10. The maximum absolute atomic E-state index is 11.7. The number of hydrogen-bond donors (Lipinski definition) is 1. The van der Waals surface area contributed by atoms with Crippen LogP contribution in [0, 0.1) is 25.7 Å². The second-order valence-corrected chi connectivity index (χ2v) is 5.70. The van der Waals surface area contributed by atoms with Crippen LogP contribution < -0.4 is 5.32 Å². The van der Waals surface area contributed by atoms with Crippen LogP contribution in [-0.2, 0) is 11.2 Å². The number of aryl methyl sites for hydroxylation is 2. The molecule has 2 aromatic rings. The Morgan fingerprint density at radius 2 is 1.86 bits per heavy atom. The van der Waals surface area contributed by atoms with E-state index < -0.39 is 0 Å². The van der Waals surface area contributed by atoms with Gasteiger partial charge in [-0.15, -0.1) is 0 Å². The van der Waals surface area contributed by atoms with E-state index in [2.05, 4.69) is 23.2 Å². The second kappa shape index (κ2) is 7.68. The SMILES string of the molecule is Cc1cc(C)cc(C#CC(=O)NCCc2cccc(Cl)c2)c1. The van der Waals surface area contributed by atoms with Crippen LogP contribution in [0.4, 0.5) is 0 Å². The van der Waals surface area contributed by atoms with Gasteiger partial charge in [0.2, 0.25) is 0 Å². The molecule has 0 atom stereocenters. The molecule has 0 radical (unpaired) electrons. The van der Waals surface area contributed by atoms with E-state index >= 15 is 0 Å². The summed E-state index contributed by atoms with van der Waals surface area (Å²) in [5.74, 6) is 5.26. The quantitative estimate of drug-likeness (QED) is 0.861. The first-order chi connectivity index (χ1) is 10.5. The van der Waals surface area contributed by atoms with Crippen LogP contribution >= 0.6 is 11.6 Å². The van der Waals surface area contributed by atoms with Crippen LogP contribution in [0.1, 0.15) is 22.3 Å². The highest BCUT2D eigenvalue weighted by Gasteiger charge is 1.98. The largest absolute Gasteiger partial charge is 0.345 e. The average molecular weight is 312 g/mol. The Morgan fingerprint density at radius 3 is 2.55 bits per heavy atom. The van der Waals surface area contributed by atoms with Gasteiger partial charge >= 0.3 is 0 Å². The predicted octanol–water partition coefficient (Wildman–Crippen LogP) is 3.67. The molecular formula is C19H18ClNO. The van der Waals surface area contributed by atoms with Gasteiger partial charge < -0.3 is 5.32 Å². The lowest BCUT2D eigenvalue weighted by atomic mass is 10.1. The lowest BCUT2D eigenvalue weighted by molar-refractivity contribution is -0.115. The third-order valence-electron chi connectivity index (χ3n) is 3.13. The number of hydrogen-bond acceptors (Lipinski definition) is 1. The lowest BCUT2D eigenvalue weighted by Gasteiger charge is -2.02. The predicted molar refractivity (Wildman–Crippen MR) is 91.0 cm³/mol. The summed E-state index contributed by atoms with van der Waals surface area (Å²) in [6.07, 6.45) is 0.734. The minimum absolute atomic E-state index is 0.263. The Labute approximate surface area is 136 Å². The van der Waals surface area contributed by atoms with Crippen molar-refractivity contribution in [2.75, 3.05) is 6.54 Å². The summed E-state index contributed by atoms with van der Waals surface area (Å²) in [7, 11) is 0. The topological polar surface area (TPSA) is 29.1 Å². The van der Waals surface area contributed by atoms with Crippen LogP contribution in [0.5, 0.6) is 0 Å². The highest BCUT2D eigenvalue weighted by atomic mass is 35.5. The molecule has 2 nitrogen and oxygen atoms in total. The third-order valence-corrected chi connectivity index (χ3v) is 3.37. The van der Waals surface area contributed by atoms with Crippen LogP contribution in [0.15, 0.2) is 42.5 Å². The molecule has 22 heavy (non-hydrogen) atoms. The summed E-state index contributed by atoms with van der Waals surface area (Å²) in [6, 6.07) is 13.6. The summed E-state index contributed by atoms with van der Waals surface area (Å²) in [5, 5.41) is 3.50. The monoisotopic (exact) mass is 311 g/mol. The van der Waals surface area contributed by atoms with E-state index in [1.807, 2.05) is 50.2 Å². The molecule has 0 spiro atoms. The molecule has 3 heteroatoms. The molecule has 0 heterocycles. The van der Waals surface area contributed by atoms with Gasteiger partial charge in [-0.3, -0.25) is 4.79 Å². The van der Waals surface area contributed by atoms with Gasteiger partial charge in [-0.1, -0.05) is 35.7 Å². The minimum Gasteiger partial charge on any atom is -0.345 e. The van der Waals surface area contributed by atoms with E-state index in [0.29, 0.717) is 11.6 Å². The molecule has 0 fully saturated rings. The Kier molecular flexibility index (Phi) is 5.63. The average Bonchev–Trinajstić information content (AvgIpc) is 2.44. The number of nitrogens with one attached hydrogen (secondary N) is 1. The highest BCUT2D eigenvalue weighted by molar-refractivity contribution is 6.30. The fourth-order valence-corrected chi connectivity index (χ4v) is 2.45. The summed E-state index contributed by atoms with van der Waals surface area (Å²) in [4.78, 5) is 11.7. The molecule has 2 rings (SSSR count). The van der Waals surface area contributed by atoms with Crippen molar-refractivity contribution in [3.63, 3.8) is 0 Å². The van der Waals surface area contributed by atoms with Crippen LogP contribution in [0.25, 0.3) is 0 Å². The zero-order valence-electron chi connectivity index (χ0n) is 12.7. The van der Waals surface area contributed by atoms with Crippen LogP contribution in [0.3, 0.4) is 0 Å². The van der Waals surface area contributed by atoms with E-state index in [0.717, 1.165) is 28.7 Å². The molecule has 0 aliphatic rings. The minimum atomic E-state index is -0.263. The molecule has 1 amide bonds. The van der Waals surface area contributed by atoms with E-state index in [-0.39, 0.29) is 5.91 Å². The maximum atomic E-state index is 11.7. The van der Waals surface area contributed by atoms with Gasteiger partial charge in [-0.25, -0.2) is 0 Å². The van der Waals surface area contributed by atoms with Gasteiger partial charge in [0.25, 0.3) is 5.91 Å². The molecular weight excluding hydrogens is 294 g/mol. The second-order valence-electron chi connectivity index (χ2n) is 5.26. The van der Waals surface area contributed by atoms with Crippen molar-refractivity contribution in [2.45, 2.75) is 20.3 Å². The number of benzene rings is 2. The zero-order chi connectivity index (χ0) is 15.9. The number of halogens is 1. The fraction of sp³-hybridized carbons (Fsp3) is 0.211. The number of carbonyl (C=O) groups excluding carboxylic acids is 1. The van der Waals surface area contributed by atoms with Crippen molar-refractivity contribution < 1.29 is 4.79 Å². The van der Waals surface area contributed by atoms with E-state index in [4.69, 9.17) is 11.6 Å². The normalized spacial score (nSPS) is 9.77. The van der Waals surface area contributed by atoms with Crippen LogP contribution in [0.2, 0.25) is 5.02 Å². The molecule has 2 aromatic carbocycles. The Morgan fingerprint density at radius 1 is 1.14 bits per heavy atom. The molecule has 1 N–H and O–H groups in total. The van der Waals surface area contributed by atoms with Crippen molar-refractivity contribution in [2.24, 2.45) is 0 Å². The first kappa shape index (κ1) is 16.1. The Balaban J connectivity index is 1.87. The third kappa shape index (κ3) is 5.27. The van der Waals surface area contributed by atoms with E-state index in [1.54, 1.807) is 0 Å². The van der Waals surface area contributed by atoms with Crippen molar-refractivity contribution in [3.05, 3.63) is 69.7 Å². The molecule has 0 unspecified atom stereocenters. The standard InChI is InChI=1S/C19H18ClNO/c1-14-10-15(2)12-17(11-14)6-7-19(22)21-9-8-16-4-3-5-18(20)13-16/h3-5,10-13H,8-9H2,1-2H3,(H,21,22). The van der Waals surface area contributed by atoms with Crippen molar-refractivity contribution >= 4 is 17.5 Å². The summed E-state index contributed by atoms with van der Waals surface area (Å²) in [5.41, 5.74) is 4.24. The summed E-state index contributed by atoms with van der Waals surface area (Å²) in [6.45, 7) is 4.58. The zero-order valence-corrected chi connectivity index (χ0v) is 13.5. The Bertz CT molecular complexity index is 720. The van der Waals surface area contributed by atoms with Crippen molar-refractivity contribution in [1.82, 2.24) is 5.32 Å². The van der Waals surface area contributed by atoms with Crippen molar-refractivity contribution in [1.29, 1.82) is 0 Å². The summed E-state index contributed by atoms with van der Waals surface area (Å²) < 4.78 is 0. The fourth-order valence-electron chi connectivity index (χ4n) is 2.23. The van der Waals surface area contributed by atoms with Gasteiger partial charge in [0.15, 0.2) is 0 Å².